The maximum atomic E-state index is 11.9. The summed E-state index contributed by atoms with van der Waals surface area (Å²) in [7, 11) is 0. The Kier molecular flexibility index (Phi) is 8.46. The van der Waals surface area contributed by atoms with Crippen LogP contribution in [0.1, 0.15) is 57.3 Å². The van der Waals surface area contributed by atoms with E-state index in [1.807, 2.05) is 6.92 Å². The summed E-state index contributed by atoms with van der Waals surface area (Å²) < 4.78 is 0. The molecule has 5 nitrogen and oxygen atoms in total. The van der Waals surface area contributed by atoms with Gasteiger partial charge in [-0.15, -0.1) is 0 Å². The summed E-state index contributed by atoms with van der Waals surface area (Å²) in [5.41, 5.74) is 0.179. The van der Waals surface area contributed by atoms with Crippen LogP contribution in [0, 0.1) is 23.7 Å². The summed E-state index contributed by atoms with van der Waals surface area (Å²) in [6.45, 7) is 9.51. The van der Waals surface area contributed by atoms with Crippen molar-refractivity contribution in [2.45, 2.75) is 47.0 Å². The van der Waals surface area contributed by atoms with Crippen molar-refractivity contribution in [3.8, 4) is 5.75 Å². The third-order valence-corrected chi connectivity index (χ3v) is 4.82. The molecule has 1 aromatic carbocycles. The van der Waals surface area contributed by atoms with Gasteiger partial charge in [0.2, 0.25) is 5.91 Å². The average molecular weight is 349 g/mol. The number of phenols is 1. The van der Waals surface area contributed by atoms with E-state index in [0.717, 1.165) is 13.0 Å². The first kappa shape index (κ1) is 21.0. The van der Waals surface area contributed by atoms with Crippen LogP contribution in [0.25, 0.3) is 0 Å². The average Bonchev–Trinajstić information content (AvgIpc) is 2.55. The van der Waals surface area contributed by atoms with E-state index in [0.29, 0.717) is 17.8 Å². The number of carboxylic acid groups (broad SMARTS) is 1. The third kappa shape index (κ3) is 6.77. The molecule has 3 N–H and O–H groups in total. The molecule has 3 unspecified atom stereocenters. The van der Waals surface area contributed by atoms with Gasteiger partial charge < -0.3 is 15.5 Å². The van der Waals surface area contributed by atoms with Crippen molar-refractivity contribution >= 4 is 11.9 Å². The molecule has 0 saturated heterocycles. The maximum absolute atomic E-state index is 11.9. The van der Waals surface area contributed by atoms with Crippen molar-refractivity contribution in [1.29, 1.82) is 0 Å². The van der Waals surface area contributed by atoms with E-state index in [1.54, 1.807) is 0 Å². The Bertz CT molecular complexity index is 553. The van der Waals surface area contributed by atoms with Crippen LogP contribution in [0.2, 0.25) is 0 Å². The zero-order valence-corrected chi connectivity index (χ0v) is 15.7. The molecule has 1 amide bonds. The van der Waals surface area contributed by atoms with E-state index in [2.05, 4.69) is 26.1 Å². The molecule has 1 aromatic rings. The lowest BCUT2D eigenvalue weighted by Gasteiger charge is -2.36. The topological polar surface area (TPSA) is 86.6 Å². The molecule has 1 aliphatic rings. The van der Waals surface area contributed by atoms with E-state index >= 15 is 0 Å². The van der Waals surface area contributed by atoms with Crippen LogP contribution in [0.5, 0.6) is 5.75 Å². The van der Waals surface area contributed by atoms with E-state index in [9.17, 15) is 9.59 Å². The van der Waals surface area contributed by atoms with Gasteiger partial charge >= 0.3 is 5.97 Å². The normalized spacial score (nSPS) is 22.7. The van der Waals surface area contributed by atoms with E-state index < -0.39 is 5.97 Å². The molecule has 2 rings (SSSR count). The predicted molar refractivity (Wildman–Crippen MR) is 98.6 cm³/mol. The molecule has 3 atom stereocenters. The lowest BCUT2D eigenvalue weighted by Crippen LogP contribution is -2.40. The summed E-state index contributed by atoms with van der Waals surface area (Å²) >= 11 is 0. The van der Waals surface area contributed by atoms with Gasteiger partial charge in [0.05, 0.1) is 5.56 Å². The maximum Gasteiger partial charge on any atom is 0.335 e. The van der Waals surface area contributed by atoms with Crippen LogP contribution < -0.4 is 5.32 Å². The molecule has 0 heterocycles. The fourth-order valence-electron chi connectivity index (χ4n) is 3.41. The molecule has 25 heavy (non-hydrogen) atoms. The third-order valence-electron chi connectivity index (χ3n) is 4.82. The molecule has 1 fully saturated rings. The van der Waals surface area contributed by atoms with Crippen LogP contribution in [-0.2, 0) is 4.79 Å². The highest BCUT2D eigenvalue weighted by atomic mass is 16.4. The summed E-state index contributed by atoms with van der Waals surface area (Å²) in [4.78, 5) is 22.2. The largest absolute Gasteiger partial charge is 0.508 e. The monoisotopic (exact) mass is 349 g/mol. The zero-order chi connectivity index (χ0) is 19.0. The van der Waals surface area contributed by atoms with Crippen LogP contribution in [0.3, 0.4) is 0 Å². The van der Waals surface area contributed by atoms with Crippen molar-refractivity contribution in [2.24, 2.45) is 23.7 Å². The summed E-state index contributed by atoms with van der Waals surface area (Å²) in [5, 5.41) is 20.1. The van der Waals surface area contributed by atoms with Crippen molar-refractivity contribution in [1.82, 2.24) is 5.32 Å². The highest BCUT2D eigenvalue weighted by molar-refractivity contribution is 5.87. The minimum atomic E-state index is -0.986. The number of hydrogen-bond acceptors (Lipinski definition) is 3. The van der Waals surface area contributed by atoms with Gasteiger partial charge in [-0.3, -0.25) is 4.79 Å². The van der Waals surface area contributed by atoms with Gasteiger partial charge in [0.15, 0.2) is 0 Å². The minimum Gasteiger partial charge on any atom is -0.508 e. The molecule has 0 bridgehead atoms. The van der Waals surface area contributed by atoms with Gasteiger partial charge in [0.25, 0.3) is 0 Å². The van der Waals surface area contributed by atoms with Crippen molar-refractivity contribution in [3.05, 3.63) is 29.8 Å². The van der Waals surface area contributed by atoms with Gasteiger partial charge in [-0.1, -0.05) is 27.2 Å². The number of aromatic carboxylic acids is 1. The number of carbonyl (C=O) groups is 2. The first-order valence-electron chi connectivity index (χ1n) is 9.06. The first-order valence-corrected chi connectivity index (χ1v) is 9.06. The summed E-state index contributed by atoms with van der Waals surface area (Å²) in [6, 6.07) is 5.36. The van der Waals surface area contributed by atoms with Crippen LogP contribution >= 0.6 is 0 Å². The number of rotatable bonds is 4. The van der Waals surface area contributed by atoms with E-state index in [4.69, 9.17) is 10.2 Å². The Morgan fingerprint density at radius 1 is 1.20 bits per heavy atom. The molecule has 140 valence electrons. The number of carboxylic acids is 1. The Morgan fingerprint density at radius 2 is 1.80 bits per heavy atom. The van der Waals surface area contributed by atoms with Gasteiger partial charge in [-0.25, -0.2) is 4.79 Å². The Morgan fingerprint density at radius 3 is 2.28 bits per heavy atom. The summed E-state index contributed by atoms with van der Waals surface area (Å²) in [6.07, 6.45) is 3.59. The number of nitrogens with one attached hydrogen (secondary N) is 1. The second-order valence-electron chi connectivity index (χ2n) is 7.18. The van der Waals surface area contributed by atoms with E-state index in [1.165, 1.54) is 37.1 Å². The Labute approximate surface area is 150 Å². The SMILES string of the molecule is CCNC(=O)C1CC(C)CCC1C(C)C.O=C(O)c1ccc(O)cc1. The standard InChI is InChI=1S/C13H25NO.C7H6O3/c1-5-14-13(15)12-8-10(4)6-7-11(12)9(2)3;8-6-3-1-5(2-4-6)7(9)10/h9-12H,5-8H2,1-4H3,(H,14,15);1-4,8H,(H,9,10). The molecule has 5 heteroatoms. The first-order chi connectivity index (χ1) is 11.8. The molecule has 0 aromatic heterocycles. The molecule has 1 aliphatic carbocycles. The number of hydrogen-bond donors (Lipinski definition) is 3. The number of amides is 1. The lowest BCUT2D eigenvalue weighted by atomic mass is 9.70. The highest BCUT2D eigenvalue weighted by Gasteiger charge is 2.34. The van der Waals surface area contributed by atoms with Crippen molar-refractivity contribution in [2.75, 3.05) is 6.54 Å². The number of benzene rings is 1. The van der Waals surface area contributed by atoms with Gasteiger partial charge in [0.1, 0.15) is 5.75 Å². The second kappa shape index (κ2) is 10.1. The second-order valence-corrected chi connectivity index (χ2v) is 7.18. The van der Waals surface area contributed by atoms with Gasteiger partial charge in [-0.2, -0.15) is 0 Å². The molecule has 1 saturated carbocycles. The number of aromatic hydroxyl groups is 1. The smallest absolute Gasteiger partial charge is 0.335 e. The molecular weight excluding hydrogens is 318 g/mol. The molecule has 0 radical (unpaired) electrons. The van der Waals surface area contributed by atoms with Crippen molar-refractivity contribution < 1.29 is 19.8 Å². The predicted octanol–water partition coefficient (Wildman–Crippen LogP) is 3.92. The molecule has 0 aliphatic heterocycles. The van der Waals surface area contributed by atoms with Crippen LogP contribution in [-0.4, -0.2) is 28.6 Å². The Balaban J connectivity index is 0.000000271. The van der Waals surface area contributed by atoms with Crippen molar-refractivity contribution in [3.63, 3.8) is 0 Å². The Hall–Kier alpha value is -2.04. The fourth-order valence-corrected chi connectivity index (χ4v) is 3.41. The quantitative estimate of drug-likeness (QED) is 0.769. The van der Waals surface area contributed by atoms with Crippen LogP contribution in [0.15, 0.2) is 24.3 Å². The van der Waals surface area contributed by atoms with Gasteiger partial charge in [0, 0.05) is 12.5 Å². The number of carbonyl (C=O) groups excluding carboxylic acids is 1. The number of phenolic OH excluding ortho intramolecular Hbond substituents is 1. The van der Waals surface area contributed by atoms with Crippen LogP contribution in [0.4, 0.5) is 0 Å². The highest BCUT2D eigenvalue weighted by Crippen LogP contribution is 2.37. The summed E-state index contributed by atoms with van der Waals surface area (Å²) in [5.74, 6) is 1.56. The zero-order valence-electron chi connectivity index (χ0n) is 15.7. The van der Waals surface area contributed by atoms with E-state index in [-0.39, 0.29) is 23.1 Å². The molecule has 0 spiro atoms. The lowest BCUT2D eigenvalue weighted by molar-refractivity contribution is -0.129. The minimum absolute atomic E-state index is 0.0741. The van der Waals surface area contributed by atoms with Gasteiger partial charge in [-0.05, 0) is 61.8 Å². The molecular formula is C20H31NO4. The fraction of sp³-hybridized carbons (Fsp3) is 0.600.